The van der Waals surface area contributed by atoms with Gasteiger partial charge in [-0.05, 0) is 25.5 Å². The predicted molar refractivity (Wildman–Crippen MR) is 65.1 cm³/mol. The molecule has 0 spiro atoms. The third-order valence-corrected chi connectivity index (χ3v) is 2.84. The van der Waals surface area contributed by atoms with E-state index in [4.69, 9.17) is 16.7 Å². The standard InChI is InChI=1S/C12H14ClNO3/c1-12(2,11(17)14-7-10(15)16)8-5-3-4-6-9(8)13/h3-6H,7H2,1-2H3,(H,14,17)(H,15,16). The zero-order valence-electron chi connectivity index (χ0n) is 9.66. The maximum absolute atomic E-state index is 11.9. The number of rotatable bonds is 4. The van der Waals surface area contributed by atoms with Crippen LogP contribution in [-0.4, -0.2) is 23.5 Å². The second-order valence-electron chi connectivity index (χ2n) is 4.18. The van der Waals surface area contributed by atoms with Crippen LogP contribution in [0.15, 0.2) is 24.3 Å². The van der Waals surface area contributed by atoms with Crippen molar-refractivity contribution in [3.8, 4) is 0 Å². The van der Waals surface area contributed by atoms with Crippen molar-refractivity contribution in [2.24, 2.45) is 0 Å². The number of aliphatic carboxylic acids is 1. The molecule has 5 heteroatoms. The number of carboxylic acids is 1. The topological polar surface area (TPSA) is 66.4 Å². The fourth-order valence-electron chi connectivity index (χ4n) is 1.47. The van der Waals surface area contributed by atoms with E-state index < -0.39 is 17.9 Å². The molecule has 1 aromatic carbocycles. The molecule has 0 atom stereocenters. The highest BCUT2D eigenvalue weighted by atomic mass is 35.5. The summed E-state index contributed by atoms with van der Waals surface area (Å²) in [5.74, 6) is -1.44. The Morgan fingerprint density at radius 3 is 2.47 bits per heavy atom. The third-order valence-electron chi connectivity index (χ3n) is 2.52. The first kappa shape index (κ1) is 13.5. The molecule has 1 aromatic rings. The summed E-state index contributed by atoms with van der Waals surface area (Å²) in [5, 5.41) is 11.4. The second kappa shape index (κ2) is 5.19. The first-order chi connectivity index (χ1) is 7.85. The number of carbonyl (C=O) groups excluding carboxylic acids is 1. The van der Waals surface area contributed by atoms with Crippen LogP contribution in [0.2, 0.25) is 5.02 Å². The van der Waals surface area contributed by atoms with Crippen LogP contribution in [0.3, 0.4) is 0 Å². The molecule has 0 bridgehead atoms. The molecule has 0 heterocycles. The maximum Gasteiger partial charge on any atom is 0.322 e. The van der Waals surface area contributed by atoms with Gasteiger partial charge in [0, 0.05) is 5.02 Å². The number of carbonyl (C=O) groups is 2. The average Bonchev–Trinajstić information content (AvgIpc) is 2.26. The molecule has 0 saturated carbocycles. The van der Waals surface area contributed by atoms with Gasteiger partial charge in [-0.1, -0.05) is 29.8 Å². The Labute approximate surface area is 105 Å². The van der Waals surface area contributed by atoms with Gasteiger partial charge in [-0.2, -0.15) is 0 Å². The number of hydrogen-bond acceptors (Lipinski definition) is 2. The van der Waals surface area contributed by atoms with E-state index in [2.05, 4.69) is 5.32 Å². The van der Waals surface area contributed by atoms with Gasteiger partial charge in [0.15, 0.2) is 0 Å². The van der Waals surface area contributed by atoms with Crippen LogP contribution in [0.5, 0.6) is 0 Å². The fraction of sp³-hybridized carbons (Fsp3) is 0.333. The van der Waals surface area contributed by atoms with E-state index in [-0.39, 0.29) is 5.91 Å². The van der Waals surface area contributed by atoms with Crippen LogP contribution < -0.4 is 5.32 Å². The third kappa shape index (κ3) is 3.20. The van der Waals surface area contributed by atoms with Crippen molar-refractivity contribution >= 4 is 23.5 Å². The Bertz CT molecular complexity index is 443. The number of hydrogen-bond donors (Lipinski definition) is 2. The predicted octanol–water partition coefficient (Wildman–Crippen LogP) is 1.82. The van der Waals surface area contributed by atoms with E-state index in [1.165, 1.54) is 0 Å². The van der Waals surface area contributed by atoms with Crippen LogP contribution in [-0.2, 0) is 15.0 Å². The Hall–Kier alpha value is -1.55. The summed E-state index contributed by atoms with van der Waals surface area (Å²) in [5.41, 5.74) is -0.196. The monoisotopic (exact) mass is 255 g/mol. The van der Waals surface area contributed by atoms with Gasteiger partial charge in [0.2, 0.25) is 5.91 Å². The number of nitrogens with one attached hydrogen (secondary N) is 1. The van der Waals surface area contributed by atoms with E-state index in [0.29, 0.717) is 10.6 Å². The van der Waals surface area contributed by atoms with Crippen molar-refractivity contribution in [1.82, 2.24) is 5.32 Å². The Morgan fingerprint density at radius 2 is 1.94 bits per heavy atom. The minimum absolute atomic E-state index is 0.368. The van der Waals surface area contributed by atoms with Crippen molar-refractivity contribution in [3.05, 3.63) is 34.9 Å². The normalized spacial score (nSPS) is 11.0. The minimum Gasteiger partial charge on any atom is -0.480 e. The molecular weight excluding hydrogens is 242 g/mol. The first-order valence-corrected chi connectivity index (χ1v) is 5.48. The molecule has 0 fully saturated rings. The number of amides is 1. The van der Waals surface area contributed by atoms with Crippen LogP contribution in [0.4, 0.5) is 0 Å². The molecule has 92 valence electrons. The quantitative estimate of drug-likeness (QED) is 0.862. The number of carboxylic acid groups (broad SMARTS) is 1. The van der Waals surface area contributed by atoms with Crippen molar-refractivity contribution in [2.45, 2.75) is 19.3 Å². The average molecular weight is 256 g/mol. The first-order valence-electron chi connectivity index (χ1n) is 5.11. The van der Waals surface area contributed by atoms with Gasteiger partial charge >= 0.3 is 5.97 Å². The summed E-state index contributed by atoms with van der Waals surface area (Å²) in [4.78, 5) is 22.3. The van der Waals surface area contributed by atoms with E-state index in [0.717, 1.165) is 0 Å². The van der Waals surface area contributed by atoms with Crippen molar-refractivity contribution in [2.75, 3.05) is 6.54 Å². The van der Waals surface area contributed by atoms with Crippen molar-refractivity contribution in [3.63, 3.8) is 0 Å². The van der Waals surface area contributed by atoms with Gasteiger partial charge in [-0.25, -0.2) is 0 Å². The molecule has 0 unspecified atom stereocenters. The van der Waals surface area contributed by atoms with Gasteiger partial charge in [0.05, 0.1) is 5.41 Å². The van der Waals surface area contributed by atoms with Gasteiger partial charge in [0.1, 0.15) is 6.54 Å². The van der Waals surface area contributed by atoms with Gasteiger partial charge in [-0.3, -0.25) is 9.59 Å². The summed E-state index contributed by atoms with van der Waals surface area (Å²) in [6, 6.07) is 7.01. The van der Waals surface area contributed by atoms with Crippen LogP contribution in [0.1, 0.15) is 19.4 Å². The Balaban J connectivity index is 2.91. The lowest BCUT2D eigenvalue weighted by atomic mass is 9.83. The van der Waals surface area contributed by atoms with Crippen LogP contribution >= 0.6 is 11.6 Å². The van der Waals surface area contributed by atoms with Crippen LogP contribution in [0, 0.1) is 0 Å². The lowest BCUT2D eigenvalue weighted by Crippen LogP contribution is -2.42. The molecule has 0 saturated heterocycles. The van der Waals surface area contributed by atoms with Crippen molar-refractivity contribution in [1.29, 1.82) is 0 Å². The number of halogens is 1. The molecule has 0 aromatic heterocycles. The number of benzene rings is 1. The molecule has 2 N–H and O–H groups in total. The van der Waals surface area contributed by atoms with Gasteiger partial charge in [-0.15, -0.1) is 0 Å². The zero-order valence-corrected chi connectivity index (χ0v) is 10.4. The highest BCUT2D eigenvalue weighted by Gasteiger charge is 2.31. The molecule has 0 aliphatic rings. The minimum atomic E-state index is -1.08. The SMILES string of the molecule is CC(C)(C(=O)NCC(=O)O)c1ccccc1Cl. The summed E-state index contributed by atoms with van der Waals surface area (Å²) in [6.45, 7) is 3.00. The summed E-state index contributed by atoms with van der Waals surface area (Å²) in [6.07, 6.45) is 0. The molecule has 0 radical (unpaired) electrons. The fourth-order valence-corrected chi connectivity index (χ4v) is 1.84. The molecule has 4 nitrogen and oxygen atoms in total. The van der Waals surface area contributed by atoms with E-state index in [9.17, 15) is 9.59 Å². The van der Waals surface area contributed by atoms with E-state index in [1.807, 2.05) is 0 Å². The molecule has 0 aliphatic carbocycles. The molecular formula is C12H14ClNO3. The molecule has 0 aliphatic heterocycles. The lowest BCUT2D eigenvalue weighted by molar-refractivity contribution is -0.138. The second-order valence-corrected chi connectivity index (χ2v) is 4.59. The molecule has 1 rings (SSSR count). The summed E-state index contributed by atoms with van der Waals surface area (Å²) >= 11 is 6.02. The Morgan fingerprint density at radius 1 is 1.35 bits per heavy atom. The van der Waals surface area contributed by atoms with E-state index >= 15 is 0 Å². The largest absolute Gasteiger partial charge is 0.480 e. The molecule has 17 heavy (non-hydrogen) atoms. The Kier molecular flexibility index (Phi) is 4.12. The van der Waals surface area contributed by atoms with E-state index in [1.54, 1.807) is 38.1 Å². The smallest absolute Gasteiger partial charge is 0.322 e. The summed E-state index contributed by atoms with van der Waals surface area (Å²) in [7, 11) is 0. The van der Waals surface area contributed by atoms with Crippen LogP contribution in [0.25, 0.3) is 0 Å². The lowest BCUT2D eigenvalue weighted by Gasteiger charge is -2.24. The molecule has 1 amide bonds. The van der Waals surface area contributed by atoms with Crippen molar-refractivity contribution < 1.29 is 14.7 Å². The summed E-state index contributed by atoms with van der Waals surface area (Å²) < 4.78 is 0. The highest BCUT2D eigenvalue weighted by molar-refractivity contribution is 6.31. The highest BCUT2D eigenvalue weighted by Crippen LogP contribution is 2.29. The van der Waals surface area contributed by atoms with Gasteiger partial charge < -0.3 is 10.4 Å². The van der Waals surface area contributed by atoms with Gasteiger partial charge in [0.25, 0.3) is 0 Å². The maximum atomic E-state index is 11.9. The zero-order chi connectivity index (χ0) is 13.1.